The Hall–Kier alpha value is -1.35. The van der Waals surface area contributed by atoms with Crippen molar-refractivity contribution < 1.29 is 4.79 Å². The standard InChI is InChI=1S/C16H24N2O/c1-11(2)15(17)16(19)18(14-8-9-14)10-13-7-5-4-6-12(13)3/h4-7,11,14-15H,8-10,17H2,1-3H3. The highest BCUT2D eigenvalue weighted by Crippen LogP contribution is 2.29. The van der Waals surface area contributed by atoms with E-state index in [9.17, 15) is 4.79 Å². The zero-order valence-electron chi connectivity index (χ0n) is 12.1. The third kappa shape index (κ3) is 3.35. The average Bonchev–Trinajstić information content (AvgIpc) is 3.20. The summed E-state index contributed by atoms with van der Waals surface area (Å²) in [5.41, 5.74) is 8.48. The van der Waals surface area contributed by atoms with Crippen LogP contribution in [0.25, 0.3) is 0 Å². The molecule has 0 heterocycles. The van der Waals surface area contributed by atoms with Crippen molar-refractivity contribution >= 4 is 5.91 Å². The zero-order valence-corrected chi connectivity index (χ0v) is 12.1. The van der Waals surface area contributed by atoms with Gasteiger partial charge in [0.1, 0.15) is 0 Å². The highest BCUT2D eigenvalue weighted by molar-refractivity contribution is 5.82. The SMILES string of the molecule is Cc1ccccc1CN(C(=O)C(N)C(C)C)C1CC1. The molecule has 1 fully saturated rings. The summed E-state index contributed by atoms with van der Waals surface area (Å²) in [6, 6.07) is 8.26. The lowest BCUT2D eigenvalue weighted by Gasteiger charge is -2.28. The molecule has 2 N–H and O–H groups in total. The molecule has 2 rings (SSSR count). The summed E-state index contributed by atoms with van der Waals surface area (Å²) in [5.74, 6) is 0.284. The van der Waals surface area contributed by atoms with Crippen molar-refractivity contribution in [2.24, 2.45) is 11.7 Å². The Morgan fingerprint density at radius 3 is 2.53 bits per heavy atom. The van der Waals surface area contributed by atoms with Gasteiger partial charge >= 0.3 is 0 Å². The number of nitrogens with zero attached hydrogens (tertiary/aromatic N) is 1. The van der Waals surface area contributed by atoms with Crippen LogP contribution in [0.3, 0.4) is 0 Å². The van der Waals surface area contributed by atoms with Gasteiger partial charge in [0.2, 0.25) is 5.91 Å². The van der Waals surface area contributed by atoms with Gasteiger partial charge in [-0.1, -0.05) is 38.1 Å². The van der Waals surface area contributed by atoms with Gasteiger partial charge < -0.3 is 10.6 Å². The van der Waals surface area contributed by atoms with E-state index in [0.29, 0.717) is 12.6 Å². The number of carbonyl (C=O) groups excluding carboxylic acids is 1. The molecule has 0 aliphatic heterocycles. The minimum atomic E-state index is -0.385. The summed E-state index contributed by atoms with van der Waals surface area (Å²) in [6.07, 6.45) is 2.23. The zero-order chi connectivity index (χ0) is 14.0. The van der Waals surface area contributed by atoms with E-state index < -0.39 is 0 Å². The number of nitrogens with two attached hydrogens (primary N) is 1. The molecule has 0 radical (unpaired) electrons. The second-order valence-electron chi connectivity index (χ2n) is 5.89. The fourth-order valence-corrected chi connectivity index (χ4v) is 2.22. The van der Waals surface area contributed by atoms with Crippen molar-refractivity contribution in [1.82, 2.24) is 4.90 Å². The van der Waals surface area contributed by atoms with E-state index in [-0.39, 0.29) is 17.9 Å². The van der Waals surface area contributed by atoms with Crippen LogP contribution in [0.1, 0.15) is 37.8 Å². The lowest BCUT2D eigenvalue weighted by atomic mass is 10.0. The van der Waals surface area contributed by atoms with Gasteiger partial charge in [-0.05, 0) is 36.8 Å². The van der Waals surface area contributed by atoms with E-state index >= 15 is 0 Å². The Balaban J connectivity index is 2.13. The third-order valence-electron chi connectivity index (χ3n) is 3.88. The third-order valence-corrected chi connectivity index (χ3v) is 3.88. The van der Waals surface area contributed by atoms with Gasteiger partial charge in [0.05, 0.1) is 6.04 Å². The van der Waals surface area contributed by atoms with Gasteiger partial charge in [0.15, 0.2) is 0 Å². The quantitative estimate of drug-likeness (QED) is 0.884. The van der Waals surface area contributed by atoms with Gasteiger partial charge in [-0.15, -0.1) is 0 Å². The molecule has 1 aromatic rings. The Morgan fingerprint density at radius 2 is 2.00 bits per heavy atom. The number of aryl methyl sites for hydroxylation is 1. The molecular weight excluding hydrogens is 236 g/mol. The molecular formula is C16H24N2O. The number of hydrogen-bond donors (Lipinski definition) is 1. The second-order valence-corrected chi connectivity index (χ2v) is 5.89. The molecule has 3 heteroatoms. The van der Waals surface area contributed by atoms with Crippen molar-refractivity contribution in [2.75, 3.05) is 0 Å². The Labute approximate surface area is 115 Å². The van der Waals surface area contributed by atoms with Gasteiger partial charge in [-0.2, -0.15) is 0 Å². The largest absolute Gasteiger partial charge is 0.334 e. The molecule has 0 bridgehead atoms. The van der Waals surface area contributed by atoms with Gasteiger partial charge in [-0.25, -0.2) is 0 Å². The average molecular weight is 260 g/mol. The van der Waals surface area contributed by atoms with Crippen LogP contribution in [0.2, 0.25) is 0 Å². The fourth-order valence-electron chi connectivity index (χ4n) is 2.22. The van der Waals surface area contributed by atoms with Gasteiger partial charge in [0.25, 0.3) is 0 Å². The van der Waals surface area contributed by atoms with Crippen molar-refractivity contribution in [3.63, 3.8) is 0 Å². The molecule has 1 saturated carbocycles. The highest BCUT2D eigenvalue weighted by atomic mass is 16.2. The van der Waals surface area contributed by atoms with Crippen LogP contribution in [0.5, 0.6) is 0 Å². The molecule has 0 aromatic heterocycles. The first kappa shape index (κ1) is 14.1. The number of rotatable bonds is 5. The summed E-state index contributed by atoms with van der Waals surface area (Å²) in [5, 5.41) is 0. The van der Waals surface area contributed by atoms with Crippen LogP contribution >= 0.6 is 0 Å². The fraction of sp³-hybridized carbons (Fsp3) is 0.562. The maximum atomic E-state index is 12.5. The van der Waals surface area contributed by atoms with Crippen molar-refractivity contribution in [3.05, 3.63) is 35.4 Å². The number of hydrogen-bond acceptors (Lipinski definition) is 2. The van der Waals surface area contributed by atoms with Crippen LogP contribution in [0.15, 0.2) is 24.3 Å². The molecule has 1 amide bonds. The number of amides is 1. The lowest BCUT2D eigenvalue weighted by Crippen LogP contribution is -2.47. The predicted molar refractivity (Wildman–Crippen MR) is 77.6 cm³/mol. The molecule has 1 aliphatic rings. The van der Waals surface area contributed by atoms with Crippen molar-refractivity contribution in [2.45, 2.75) is 52.2 Å². The number of carbonyl (C=O) groups is 1. The minimum Gasteiger partial charge on any atom is -0.334 e. The maximum Gasteiger partial charge on any atom is 0.240 e. The summed E-state index contributed by atoms with van der Waals surface area (Å²) in [6.45, 7) is 6.78. The van der Waals surface area contributed by atoms with Gasteiger partial charge in [0, 0.05) is 12.6 Å². The highest BCUT2D eigenvalue weighted by Gasteiger charge is 2.35. The molecule has 3 nitrogen and oxygen atoms in total. The Morgan fingerprint density at radius 1 is 1.37 bits per heavy atom. The summed E-state index contributed by atoms with van der Waals surface area (Å²) in [7, 11) is 0. The van der Waals surface area contributed by atoms with E-state index in [2.05, 4.69) is 19.1 Å². The molecule has 1 atom stereocenters. The topological polar surface area (TPSA) is 46.3 Å². The van der Waals surface area contributed by atoms with Crippen LogP contribution in [0, 0.1) is 12.8 Å². The lowest BCUT2D eigenvalue weighted by molar-refractivity contribution is -0.134. The molecule has 1 unspecified atom stereocenters. The Kier molecular flexibility index (Phi) is 4.25. The van der Waals surface area contributed by atoms with E-state index in [1.165, 1.54) is 11.1 Å². The minimum absolute atomic E-state index is 0.0979. The van der Waals surface area contributed by atoms with Crippen LogP contribution in [-0.4, -0.2) is 22.9 Å². The molecule has 1 aromatic carbocycles. The first-order chi connectivity index (χ1) is 9.00. The summed E-state index contributed by atoms with van der Waals surface area (Å²) >= 11 is 0. The second kappa shape index (κ2) is 5.74. The smallest absolute Gasteiger partial charge is 0.240 e. The normalized spacial score (nSPS) is 16.5. The van der Waals surface area contributed by atoms with Crippen molar-refractivity contribution in [3.8, 4) is 0 Å². The first-order valence-corrected chi connectivity index (χ1v) is 7.11. The van der Waals surface area contributed by atoms with Crippen LogP contribution in [0.4, 0.5) is 0 Å². The van der Waals surface area contributed by atoms with E-state index in [4.69, 9.17) is 5.73 Å². The van der Waals surface area contributed by atoms with E-state index in [1.54, 1.807) is 0 Å². The molecule has 104 valence electrons. The number of benzene rings is 1. The summed E-state index contributed by atoms with van der Waals surface area (Å²) in [4.78, 5) is 14.5. The Bertz CT molecular complexity index is 452. The predicted octanol–water partition coefficient (Wildman–Crippen LogP) is 2.47. The van der Waals surface area contributed by atoms with Crippen LogP contribution < -0.4 is 5.73 Å². The van der Waals surface area contributed by atoms with E-state index in [1.807, 2.05) is 30.9 Å². The first-order valence-electron chi connectivity index (χ1n) is 7.11. The molecule has 0 spiro atoms. The van der Waals surface area contributed by atoms with Crippen molar-refractivity contribution in [1.29, 1.82) is 0 Å². The maximum absolute atomic E-state index is 12.5. The molecule has 1 aliphatic carbocycles. The van der Waals surface area contributed by atoms with Gasteiger partial charge in [-0.3, -0.25) is 4.79 Å². The van der Waals surface area contributed by atoms with E-state index in [0.717, 1.165) is 12.8 Å². The van der Waals surface area contributed by atoms with Crippen LogP contribution in [-0.2, 0) is 11.3 Å². The summed E-state index contributed by atoms with van der Waals surface area (Å²) < 4.78 is 0. The molecule has 0 saturated heterocycles. The monoisotopic (exact) mass is 260 g/mol. The molecule has 19 heavy (non-hydrogen) atoms.